The molecule has 116 valence electrons. The smallest absolute Gasteiger partial charge is 0.323 e. The Morgan fingerprint density at radius 1 is 1.38 bits per heavy atom. The molecular formula is C17H25NO3. The maximum Gasteiger partial charge on any atom is 0.323 e. The molecule has 0 heterocycles. The quantitative estimate of drug-likeness (QED) is 0.723. The van der Waals surface area contributed by atoms with Gasteiger partial charge in [0.1, 0.15) is 11.3 Å². The number of carboxylic acid groups (broad SMARTS) is 1. The average Bonchev–Trinajstić information content (AvgIpc) is 3.22. The van der Waals surface area contributed by atoms with Gasteiger partial charge < -0.3 is 9.84 Å². The molecule has 0 aliphatic heterocycles. The Kier molecular flexibility index (Phi) is 4.88. The van der Waals surface area contributed by atoms with E-state index < -0.39 is 11.5 Å². The van der Waals surface area contributed by atoms with Gasteiger partial charge in [-0.25, -0.2) is 0 Å². The zero-order chi connectivity index (χ0) is 15.5. The number of carbonyl (C=O) groups is 1. The van der Waals surface area contributed by atoms with Gasteiger partial charge >= 0.3 is 5.97 Å². The Balaban J connectivity index is 1.79. The minimum Gasteiger partial charge on any atom is -0.494 e. The number of rotatable bonds is 8. The molecule has 0 aromatic heterocycles. The van der Waals surface area contributed by atoms with E-state index in [1.807, 2.05) is 18.2 Å². The van der Waals surface area contributed by atoms with Gasteiger partial charge in [-0.15, -0.1) is 0 Å². The van der Waals surface area contributed by atoms with Crippen molar-refractivity contribution in [3.05, 3.63) is 29.3 Å². The van der Waals surface area contributed by atoms with Crippen molar-refractivity contribution < 1.29 is 14.6 Å². The highest BCUT2D eigenvalue weighted by Gasteiger charge is 2.37. The first kappa shape index (κ1) is 15.8. The van der Waals surface area contributed by atoms with Gasteiger partial charge in [-0.1, -0.05) is 6.07 Å². The van der Waals surface area contributed by atoms with Gasteiger partial charge in [-0.05, 0) is 69.7 Å². The van der Waals surface area contributed by atoms with Gasteiger partial charge in [-0.3, -0.25) is 10.1 Å². The van der Waals surface area contributed by atoms with Crippen molar-refractivity contribution in [2.75, 3.05) is 6.61 Å². The van der Waals surface area contributed by atoms with Gasteiger partial charge in [-0.2, -0.15) is 0 Å². The van der Waals surface area contributed by atoms with E-state index >= 15 is 0 Å². The molecule has 0 amide bonds. The third kappa shape index (κ3) is 4.46. The normalized spacial score (nSPS) is 17.3. The summed E-state index contributed by atoms with van der Waals surface area (Å²) in [6.45, 7) is 6.44. The fraction of sp³-hybridized carbons (Fsp3) is 0.588. The standard InChI is InChI=1S/C17H25NO3/c1-12-5-8-15(11-13(12)2)21-10-4-9-17(3,16(19)20)18-14-6-7-14/h5,8,11,14,18H,4,6-7,9-10H2,1-3H3,(H,19,20). The van der Waals surface area contributed by atoms with Gasteiger partial charge in [0.25, 0.3) is 0 Å². The van der Waals surface area contributed by atoms with Gasteiger partial charge in [0.15, 0.2) is 0 Å². The molecule has 21 heavy (non-hydrogen) atoms. The summed E-state index contributed by atoms with van der Waals surface area (Å²) in [4.78, 5) is 11.4. The molecule has 0 spiro atoms. The Labute approximate surface area is 126 Å². The van der Waals surface area contributed by atoms with Crippen LogP contribution in [0.25, 0.3) is 0 Å². The Morgan fingerprint density at radius 2 is 2.10 bits per heavy atom. The summed E-state index contributed by atoms with van der Waals surface area (Å²) < 4.78 is 5.72. The number of carboxylic acids is 1. The zero-order valence-electron chi connectivity index (χ0n) is 13.1. The molecule has 1 fully saturated rings. The van der Waals surface area contributed by atoms with E-state index in [9.17, 15) is 9.90 Å². The van der Waals surface area contributed by atoms with Crippen LogP contribution in [-0.4, -0.2) is 29.3 Å². The molecule has 2 N–H and O–H groups in total. The highest BCUT2D eigenvalue weighted by Crippen LogP contribution is 2.25. The molecule has 0 radical (unpaired) electrons. The third-order valence-corrected chi connectivity index (χ3v) is 4.14. The number of aliphatic carboxylic acids is 1. The molecule has 1 aromatic rings. The van der Waals surface area contributed by atoms with Crippen LogP contribution in [-0.2, 0) is 4.79 Å². The second kappa shape index (κ2) is 6.48. The molecule has 1 unspecified atom stereocenters. The molecule has 4 heteroatoms. The monoisotopic (exact) mass is 291 g/mol. The fourth-order valence-corrected chi connectivity index (χ4v) is 2.34. The molecule has 0 saturated heterocycles. The predicted molar refractivity (Wildman–Crippen MR) is 82.8 cm³/mol. The summed E-state index contributed by atoms with van der Waals surface area (Å²) in [7, 11) is 0. The Bertz CT molecular complexity index is 511. The van der Waals surface area contributed by atoms with Crippen molar-refractivity contribution in [1.29, 1.82) is 0 Å². The number of nitrogens with one attached hydrogen (secondary N) is 1. The highest BCUT2D eigenvalue weighted by atomic mass is 16.5. The number of ether oxygens (including phenoxy) is 1. The number of hydrogen-bond donors (Lipinski definition) is 2. The van der Waals surface area contributed by atoms with Crippen LogP contribution in [0.4, 0.5) is 0 Å². The van der Waals surface area contributed by atoms with E-state index in [1.165, 1.54) is 11.1 Å². The van der Waals surface area contributed by atoms with Crippen LogP contribution in [0, 0.1) is 13.8 Å². The van der Waals surface area contributed by atoms with Crippen molar-refractivity contribution in [2.24, 2.45) is 0 Å². The third-order valence-electron chi connectivity index (χ3n) is 4.14. The van der Waals surface area contributed by atoms with Crippen LogP contribution >= 0.6 is 0 Å². The van der Waals surface area contributed by atoms with E-state index in [2.05, 4.69) is 19.2 Å². The van der Waals surface area contributed by atoms with Crippen molar-refractivity contribution >= 4 is 5.97 Å². The van der Waals surface area contributed by atoms with E-state index in [0.717, 1.165) is 25.0 Å². The second-order valence-corrected chi connectivity index (χ2v) is 6.25. The number of hydrogen-bond acceptors (Lipinski definition) is 3. The first-order chi connectivity index (χ1) is 9.90. The van der Waals surface area contributed by atoms with Crippen LogP contribution in [0.1, 0.15) is 43.7 Å². The van der Waals surface area contributed by atoms with Crippen LogP contribution < -0.4 is 10.1 Å². The summed E-state index contributed by atoms with van der Waals surface area (Å²) in [6.07, 6.45) is 3.46. The second-order valence-electron chi connectivity index (χ2n) is 6.25. The summed E-state index contributed by atoms with van der Waals surface area (Å²) in [5, 5.41) is 12.6. The fourth-order valence-electron chi connectivity index (χ4n) is 2.34. The van der Waals surface area contributed by atoms with Crippen molar-refractivity contribution in [3.63, 3.8) is 0 Å². The SMILES string of the molecule is Cc1ccc(OCCCC(C)(NC2CC2)C(=O)O)cc1C. The topological polar surface area (TPSA) is 58.6 Å². The van der Waals surface area contributed by atoms with Crippen molar-refractivity contribution in [2.45, 2.75) is 58.0 Å². The lowest BCUT2D eigenvalue weighted by atomic mass is 9.96. The van der Waals surface area contributed by atoms with E-state index in [0.29, 0.717) is 19.1 Å². The first-order valence-corrected chi connectivity index (χ1v) is 7.62. The summed E-state index contributed by atoms with van der Waals surface area (Å²) >= 11 is 0. The lowest BCUT2D eigenvalue weighted by Crippen LogP contribution is -2.50. The van der Waals surface area contributed by atoms with Crippen LogP contribution in [0.2, 0.25) is 0 Å². The maximum atomic E-state index is 11.4. The molecule has 1 aliphatic carbocycles. The van der Waals surface area contributed by atoms with Gasteiger partial charge in [0.05, 0.1) is 6.61 Å². The average molecular weight is 291 g/mol. The summed E-state index contributed by atoms with van der Waals surface area (Å²) in [5.41, 5.74) is 1.61. The molecule has 4 nitrogen and oxygen atoms in total. The van der Waals surface area contributed by atoms with Crippen LogP contribution in [0.3, 0.4) is 0 Å². The van der Waals surface area contributed by atoms with Crippen molar-refractivity contribution in [1.82, 2.24) is 5.32 Å². The van der Waals surface area contributed by atoms with Crippen molar-refractivity contribution in [3.8, 4) is 5.75 Å². The number of aryl methyl sites for hydroxylation is 2. The minimum atomic E-state index is -0.840. The van der Waals surface area contributed by atoms with Gasteiger partial charge in [0, 0.05) is 6.04 Å². The summed E-state index contributed by atoms with van der Waals surface area (Å²) in [6, 6.07) is 6.41. The molecule has 1 aromatic carbocycles. The first-order valence-electron chi connectivity index (χ1n) is 7.62. The molecule has 2 rings (SSSR count). The summed E-state index contributed by atoms with van der Waals surface area (Å²) in [5.74, 6) is 0.0749. The lowest BCUT2D eigenvalue weighted by Gasteiger charge is -2.26. The Hall–Kier alpha value is -1.55. The van der Waals surface area contributed by atoms with E-state index in [-0.39, 0.29) is 0 Å². The zero-order valence-corrected chi connectivity index (χ0v) is 13.1. The molecular weight excluding hydrogens is 266 g/mol. The molecule has 0 bridgehead atoms. The van der Waals surface area contributed by atoms with E-state index in [1.54, 1.807) is 6.92 Å². The molecule has 1 atom stereocenters. The van der Waals surface area contributed by atoms with E-state index in [4.69, 9.17) is 4.74 Å². The Morgan fingerprint density at radius 3 is 2.67 bits per heavy atom. The maximum absolute atomic E-state index is 11.4. The molecule has 1 saturated carbocycles. The van der Waals surface area contributed by atoms with Crippen LogP contribution in [0.15, 0.2) is 18.2 Å². The van der Waals surface area contributed by atoms with Crippen LogP contribution in [0.5, 0.6) is 5.75 Å². The largest absolute Gasteiger partial charge is 0.494 e. The lowest BCUT2D eigenvalue weighted by molar-refractivity contribution is -0.144. The molecule has 1 aliphatic rings. The van der Waals surface area contributed by atoms with Gasteiger partial charge in [0.2, 0.25) is 0 Å². The minimum absolute atomic E-state index is 0.381. The highest BCUT2D eigenvalue weighted by molar-refractivity contribution is 5.78. The number of benzene rings is 1. The predicted octanol–water partition coefficient (Wildman–Crippen LogP) is 3.06.